The molecule has 0 atom stereocenters. The summed E-state index contributed by atoms with van der Waals surface area (Å²) >= 11 is 0. The number of carboxylic acids is 1. The second-order valence-corrected chi connectivity index (χ2v) is 4.62. The molecule has 0 spiro atoms. The summed E-state index contributed by atoms with van der Waals surface area (Å²) in [4.78, 5) is 15.3. The van der Waals surface area contributed by atoms with Gasteiger partial charge in [-0.25, -0.2) is 4.79 Å². The fourth-order valence-electron chi connectivity index (χ4n) is 2.41. The monoisotopic (exact) mass is 279 g/mol. The second kappa shape index (κ2) is 5.25. The third-order valence-corrected chi connectivity index (χ3v) is 3.42. The number of pyridine rings is 1. The molecule has 3 rings (SSSR count). The fourth-order valence-corrected chi connectivity index (χ4v) is 2.41. The number of rotatable bonds is 3. The Morgan fingerprint density at radius 2 is 2.00 bits per heavy atom. The molecule has 104 valence electrons. The zero-order valence-electron chi connectivity index (χ0n) is 11.4. The van der Waals surface area contributed by atoms with E-state index in [1.165, 1.54) is 0 Å². The Balaban J connectivity index is 2.26. The van der Waals surface area contributed by atoms with Gasteiger partial charge in [0.15, 0.2) is 0 Å². The standard InChI is InChI=1S/C17H13NO3/c1-21-16-6-5-13(15-10-18-8-7-14(15)16)11-3-2-4-12(9-11)17(19)20/h2-10H,1H3,(H,19,20). The highest BCUT2D eigenvalue weighted by molar-refractivity contribution is 6.00. The molecule has 4 nitrogen and oxygen atoms in total. The van der Waals surface area contributed by atoms with Crippen LogP contribution < -0.4 is 4.74 Å². The lowest BCUT2D eigenvalue weighted by atomic mass is 9.98. The number of nitrogens with zero attached hydrogens (tertiary/aromatic N) is 1. The molecular weight excluding hydrogens is 266 g/mol. The van der Waals surface area contributed by atoms with Crippen LogP contribution in [0.15, 0.2) is 54.9 Å². The molecule has 3 aromatic rings. The predicted molar refractivity (Wildman–Crippen MR) is 80.7 cm³/mol. The van der Waals surface area contributed by atoms with Gasteiger partial charge in [0.05, 0.1) is 12.7 Å². The van der Waals surface area contributed by atoms with Gasteiger partial charge in [-0.15, -0.1) is 0 Å². The van der Waals surface area contributed by atoms with Crippen molar-refractivity contribution in [3.63, 3.8) is 0 Å². The van der Waals surface area contributed by atoms with Crippen molar-refractivity contribution in [2.24, 2.45) is 0 Å². The number of aromatic carboxylic acids is 1. The van der Waals surface area contributed by atoms with Crippen LogP contribution in [0.25, 0.3) is 21.9 Å². The minimum atomic E-state index is -0.937. The van der Waals surface area contributed by atoms with Crippen LogP contribution in [0.4, 0.5) is 0 Å². The van der Waals surface area contributed by atoms with Gasteiger partial charge in [0.25, 0.3) is 0 Å². The lowest BCUT2D eigenvalue weighted by Crippen LogP contribution is -1.96. The maximum atomic E-state index is 11.1. The molecule has 0 aliphatic carbocycles. The lowest BCUT2D eigenvalue weighted by Gasteiger charge is -2.10. The third-order valence-electron chi connectivity index (χ3n) is 3.42. The number of benzene rings is 2. The minimum absolute atomic E-state index is 0.264. The first-order chi connectivity index (χ1) is 10.2. The van der Waals surface area contributed by atoms with Crippen LogP contribution in [0.2, 0.25) is 0 Å². The summed E-state index contributed by atoms with van der Waals surface area (Å²) in [5, 5.41) is 11.0. The van der Waals surface area contributed by atoms with Crippen molar-refractivity contribution in [3.8, 4) is 16.9 Å². The number of carbonyl (C=O) groups is 1. The van der Waals surface area contributed by atoms with Gasteiger partial charge in [-0.05, 0) is 41.5 Å². The number of fused-ring (bicyclic) bond motifs is 1. The van der Waals surface area contributed by atoms with E-state index in [1.807, 2.05) is 24.3 Å². The molecular formula is C17H13NO3. The number of methoxy groups -OCH3 is 1. The van der Waals surface area contributed by atoms with Crippen molar-refractivity contribution in [1.82, 2.24) is 4.98 Å². The summed E-state index contributed by atoms with van der Waals surface area (Å²) in [6.45, 7) is 0. The van der Waals surface area contributed by atoms with Crippen LogP contribution in [0.5, 0.6) is 5.75 Å². The molecule has 0 radical (unpaired) electrons. The van der Waals surface area contributed by atoms with Crippen LogP contribution in [0, 0.1) is 0 Å². The van der Waals surface area contributed by atoms with Gasteiger partial charge < -0.3 is 9.84 Å². The van der Waals surface area contributed by atoms with Gasteiger partial charge >= 0.3 is 5.97 Å². The molecule has 1 N–H and O–H groups in total. The van der Waals surface area contributed by atoms with Crippen molar-refractivity contribution in [1.29, 1.82) is 0 Å². The maximum Gasteiger partial charge on any atom is 0.335 e. The smallest absolute Gasteiger partial charge is 0.335 e. The molecule has 1 heterocycles. The van der Waals surface area contributed by atoms with Crippen LogP contribution in [-0.2, 0) is 0 Å². The lowest BCUT2D eigenvalue weighted by molar-refractivity contribution is 0.0697. The van der Waals surface area contributed by atoms with Crippen molar-refractivity contribution in [2.75, 3.05) is 7.11 Å². The molecule has 4 heteroatoms. The summed E-state index contributed by atoms with van der Waals surface area (Å²) in [5.74, 6) is -0.168. The van der Waals surface area contributed by atoms with E-state index in [4.69, 9.17) is 9.84 Å². The quantitative estimate of drug-likeness (QED) is 0.795. The Kier molecular flexibility index (Phi) is 3.28. The van der Waals surface area contributed by atoms with Gasteiger partial charge in [-0.2, -0.15) is 0 Å². The van der Waals surface area contributed by atoms with Crippen LogP contribution in [0.3, 0.4) is 0 Å². The number of ether oxygens (including phenoxy) is 1. The molecule has 1 aromatic heterocycles. The van der Waals surface area contributed by atoms with E-state index >= 15 is 0 Å². The van der Waals surface area contributed by atoms with Crippen LogP contribution >= 0.6 is 0 Å². The number of aromatic nitrogens is 1. The largest absolute Gasteiger partial charge is 0.496 e. The predicted octanol–water partition coefficient (Wildman–Crippen LogP) is 3.61. The summed E-state index contributed by atoms with van der Waals surface area (Å²) in [7, 11) is 1.62. The SMILES string of the molecule is COc1ccc(-c2cccc(C(=O)O)c2)c2cnccc12. The Bertz CT molecular complexity index is 827. The van der Waals surface area contributed by atoms with E-state index in [2.05, 4.69) is 4.98 Å². The van der Waals surface area contributed by atoms with Crippen LogP contribution in [-0.4, -0.2) is 23.2 Å². The maximum absolute atomic E-state index is 11.1. The van der Waals surface area contributed by atoms with Gasteiger partial charge in [0, 0.05) is 23.2 Å². The molecule has 0 bridgehead atoms. The summed E-state index contributed by atoms with van der Waals surface area (Å²) in [6.07, 6.45) is 3.48. The van der Waals surface area contributed by atoms with Gasteiger partial charge in [0.1, 0.15) is 5.75 Å². The topological polar surface area (TPSA) is 59.4 Å². The second-order valence-electron chi connectivity index (χ2n) is 4.62. The van der Waals surface area contributed by atoms with Crippen molar-refractivity contribution < 1.29 is 14.6 Å². The average Bonchev–Trinajstić information content (AvgIpc) is 2.54. The molecule has 0 aliphatic heterocycles. The summed E-state index contributed by atoms with van der Waals surface area (Å²) in [6, 6.07) is 12.6. The van der Waals surface area contributed by atoms with E-state index in [0.717, 1.165) is 27.6 Å². The van der Waals surface area contributed by atoms with Gasteiger partial charge in [-0.3, -0.25) is 4.98 Å². The minimum Gasteiger partial charge on any atom is -0.496 e. The van der Waals surface area contributed by atoms with Crippen molar-refractivity contribution in [2.45, 2.75) is 0 Å². The Labute approximate surface area is 121 Å². The van der Waals surface area contributed by atoms with E-state index < -0.39 is 5.97 Å². The summed E-state index contributed by atoms with van der Waals surface area (Å²) in [5.41, 5.74) is 2.04. The number of hydrogen-bond donors (Lipinski definition) is 1. The van der Waals surface area contributed by atoms with Crippen LogP contribution in [0.1, 0.15) is 10.4 Å². The molecule has 0 unspecified atom stereocenters. The zero-order chi connectivity index (χ0) is 14.8. The van der Waals surface area contributed by atoms with E-state index in [9.17, 15) is 4.79 Å². The van der Waals surface area contributed by atoms with E-state index in [0.29, 0.717) is 0 Å². The van der Waals surface area contributed by atoms with E-state index in [1.54, 1.807) is 37.7 Å². The van der Waals surface area contributed by atoms with E-state index in [-0.39, 0.29) is 5.56 Å². The first-order valence-electron chi connectivity index (χ1n) is 6.45. The fraction of sp³-hybridized carbons (Fsp3) is 0.0588. The highest BCUT2D eigenvalue weighted by Gasteiger charge is 2.10. The highest BCUT2D eigenvalue weighted by Crippen LogP contribution is 2.34. The highest BCUT2D eigenvalue weighted by atomic mass is 16.5. The molecule has 0 amide bonds. The summed E-state index contributed by atoms with van der Waals surface area (Å²) < 4.78 is 5.36. The Morgan fingerprint density at radius 1 is 1.14 bits per heavy atom. The van der Waals surface area contributed by atoms with Crippen molar-refractivity contribution in [3.05, 3.63) is 60.4 Å². The molecule has 0 fully saturated rings. The molecule has 0 saturated carbocycles. The normalized spacial score (nSPS) is 10.5. The number of hydrogen-bond acceptors (Lipinski definition) is 3. The van der Waals surface area contributed by atoms with Gasteiger partial charge in [-0.1, -0.05) is 12.1 Å². The molecule has 0 saturated heterocycles. The molecule has 2 aromatic carbocycles. The van der Waals surface area contributed by atoms with Crippen molar-refractivity contribution >= 4 is 16.7 Å². The first kappa shape index (κ1) is 13.1. The Hall–Kier alpha value is -2.88. The van der Waals surface area contributed by atoms with Gasteiger partial charge in [0.2, 0.25) is 0 Å². The average molecular weight is 279 g/mol. The first-order valence-corrected chi connectivity index (χ1v) is 6.45. The zero-order valence-corrected chi connectivity index (χ0v) is 11.4. The molecule has 21 heavy (non-hydrogen) atoms. The number of carboxylic acid groups (broad SMARTS) is 1. The molecule has 0 aliphatic rings. The third kappa shape index (κ3) is 2.31. The Morgan fingerprint density at radius 3 is 2.76 bits per heavy atom.